The number of piperidine rings is 1. The molecule has 154 valence electrons. The van der Waals surface area contributed by atoms with Gasteiger partial charge in [0.1, 0.15) is 5.82 Å². The first-order chi connectivity index (χ1) is 14.6. The first kappa shape index (κ1) is 20.2. The highest BCUT2D eigenvalue weighted by molar-refractivity contribution is 6.34. The van der Waals surface area contributed by atoms with Crippen molar-refractivity contribution in [1.29, 1.82) is 0 Å². The van der Waals surface area contributed by atoms with Gasteiger partial charge >= 0.3 is 0 Å². The van der Waals surface area contributed by atoms with Crippen LogP contribution in [0.1, 0.15) is 35.3 Å². The summed E-state index contributed by atoms with van der Waals surface area (Å²) in [6, 6.07) is 16.4. The Labute approximate surface area is 181 Å². The zero-order valence-electron chi connectivity index (χ0n) is 16.9. The van der Waals surface area contributed by atoms with Crippen molar-refractivity contribution >= 4 is 40.6 Å². The summed E-state index contributed by atoms with van der Waals surface area (Å²) < 4.78 is 0. The molecular formula is C23H24ClN5O. The van der Waals surface area contributed by atoms with Gasteiger partial charge in [-0.2, -0.15) is 4.98 Å². The van der Waals surface area contributed by atoms with Gasteiger partial charge in [-0.3, -0.25) is 4.79 Å². The van der Waals surface area contributed by atoms with Gasteiger partial charge in [-0.05, 0) is 62.6 Å². The maximum absolute atomic E-state index is 12.4. The lowest BCUT2D eigenvalue weighted by Crippen LogP contribution is -2.30. The van der Waals surface area contributed by atoms with Crippen LogP contribution < -0.4 is 15.5 Å². The summed E-state index contributed by atoms with van der Waals surface area (Å²) >= 11 is 6.09. The van der Waals surface area contributed by atoms with Gasteiger partial charge in [-0.25, -0.2) is 4.98 Å². The van der Waals surface area contributed by atoms with Crippen molar-refractivity contribution in [2.45, 2.75) is 26.2 Å². The van der Waals surface area contributed by atoms with Crippen LogP contribution >= 0.6 is 11.6 Å². The fourth-order valence-electron chi connectivity index (χ4n) is 3.50. The second-order valence-corrected chi connectivity index (χ2v) is 7.78. The summed E-state index contributed by atoms with van der Waals surface area (Å²) in [4.78, 5) is 23.9. The number of aromatic nitrogens is 2. The molecule has 0 radical (unpaired) electrons. The van der Waals surface area contributed by atoms with E-state index in [9.17, 15) is 4.79 Å². The van der Waals surface area contributed by atoms with Crippen LogP contribution in [0.4, 0.5) is 23.1 Å². The zero-order chi connectivity index (χ0) is 20.9. The molecule has 1 fully saturated rings. The molecule has 2 heterocycles. The molecule has 1 amide bonds. The molecule has 0 saturated carbocycles. The van der Waals surface area contributed by atoms with Crippen molar-refractivity contribution < 1.29 is 4.79 Å². The molecule has 2 aromatic carbocycles. The minimum Gasteiger partial charge on any atom is -0.356 e. The lowest BCUT2D eigenvalue weighted by atomic mass is 10.1. The lowest BCUT2D eigenvalue weighted by Gasteiger charge is -2.28. The minimum atomic E-state index is -0.241. The molecule has 0 atom stereocenters. The number of nitrogens with zero attached hydrogens (tertiary/aromatic N) is 3. The van der Waals surface area contributed by atoms with Gasteiger partial charge in [0.2, 0.25) is 5.95 Å². The summed E-state index contributed by atoms with van der Waals surface area (Å²) in [7, 11) is 0. The number of nitrogens with one attached hydrogen (secondary N) is 2. The average Bonchev–Trinajstić information content (AvgIpc) is 2.75. The molecule has 2 N–H and O–H groups in total. The molecule has 1 aliphatic heterocycles. The van der Waals surface area contributed by atoms with Crippen LogP contribution in [0.15, 0.2) is 54.6 Å². The van der Waals surface area contributed by atoms with Gasteiger partial charge in [-0.15, -0.1) is 0 Å². The second-order valence-electron chi connectivity index (χ2n) is 7.38. The number of anilines is 4. The minimum absolute atomic E-state index is 0.241. The summed E-state index contributed by atoms with van der Waals surface area (Å²) in [5.41, 5.74) is 2.90. The highest BCUT2D eigenvalue weighted by Gasteiger charge is 2.14. The summed E-state index contributed by atoms with van der Waals surface area (Å²) in [5.74, 6) is 1.30. The van der Waals surface area contributed by atoms with Crippen LogP contribution in [0, 0.1) is 6.92 Å². The molecule has 1 aromatic heterocycles. The van der Waals surface area contributed by atoms with Gasteiger partial charge in [0, 0.05) is 36.2 Å². The van der Waals surface area contributed by atoms with Crippen molar-refractivity contribution in [2.24, 2.45) is 0 Å². The van der Waals surface area contributed by atoms with Crippen LogP contribution in [-0.2, 0) is 0 Å². The largest absolute Gasteiger partial charge is 0.356 e. The van der Waals surface area contributed by atoms with E-state index in [0.717, 1.165) is 30.3 Å². The number of rotatable bonds is 5. The van der Waals surface area contributed by atoms with E-state index in [1.165, 1.54) is 19.3 Å². The molecule has 0 spiro atoms. The molecule has 30 heavy (non-hydrogen) atoms. The molecule has 0 bridgehead atoms. The predicted octanol–water partition coefficient (Wildman–Crippen LogP) is 5.42. The highest BCUT2D eigenvalue weighted by atomic mass is 35.5. The fourth-order valence-corrected chi connectivity index (χ4v) is 3.72. The third-order valence-corrected chi connectivity index (χ3v) is 5.37. The Balaban J connectivity index is 1.44. The van der Waals surface area contributed by atoms with Crippen molar-refractivity contribution in [2.75, 3.05) is 28.6 Å². The van der Waals surface area contributed by atoms with Crippen LogP contribution in [0.2, 0.25) is 5.02 Å². The van der Waals surface area contributed by atoms with Crippen LogP contribution in [-0.4, -0.2) is 29.0 Å². The topological polar surface area (TPSA) is 70.2 Å². The molecule has 1 aliphatic rings. The Morgan fingerprint density at radius 1 is 0.967 bits per heavy atom. The number of hydrogen-bond acceptors (Lipinski definition) is 5. The number of carbonyl (C=O) groups is 1. The quantitative estimate of drug-likeness (QED) is 0.575. The number of halogens is 1. The van der Waals surface area contributed by atoms with Gasteiger partial charge in [0.05, 0.1) is 10.6 Å². The first-order valence-electron chi connectivity index (χ1n) is 10.1. The van der Waals surface area contributed by atoms with E-state index in [-0.39, 0.29) is 5.91 Å². The molecule has 1 saturated heterocycles. The van der Waals surface area contributed by atoms with E-state index in [4.69, 9.17) is 16.6 Å². The van der Waals surface area contributed by atoms with Crippen molar-refractivity contribution in [3.8, 4) is 0 Å². The van der Waals surface area contributed by atoms with E-state index in [1.54, 1.807) is 24.3 Å². The third kappa shape index (κ3) is 4.89. The van der Waals surface area contributed by atoms with Gasteiger partial charge in [0.25, 0.3) is 5.91 Å². The number of aryl methyl sites for hydroxylation is 1. The fraction of sp³-hybridized carbons (Fsp3) is 0.261. The lowest BCUT2D eigenvalue weighted by molar-refractivity contribution is 0.102. The van der Waals surface area contributed by atoms with Crippen LogP contribution in [0.5, 0.6) is 0 Å². The standard InChI is InChI=1S/C23H24ClN5O/c1-16-15-21(29-13-5-2-6-14-29)28-23(25-16)27-18-11-9-17(10-12-18)26-22(30)19-7-3-4-8-20(19)24/h3-4,7-12,15H,2,5-6,13-14H2,1H3,(H,26,30)(H,25,27,28). The van der Waals surface area contributed by atoms with Crippen molar-refractivity contribution in [3.63, 3.8) is 0 Å². The average molecular weight is 422 g/mol. The zero-order valence-corrected chi connectivity index (χ0v) is 17.6. The molecular weight excluding hydrogens is 398 g/mol. The summed E-state index contributed by atoms with van der Waals surface area (Å²) in [5, 5.41) is 6.55. The number of amides is 1. The molecule has 4 rings (SSSR count). The normalized spacial score (nSPS) is 13.7. The molecule has 0 unspecified atom stereocenters. The monoisotopic (exact) mass is 421 g/mol. The summed E-state index contributed by atoms with van der Waals surface area (Å²) in [6.07, 6.45) is 3.69. The summed E-state index contributed by atoms with van der Waals surface area (Å²) in [6.45, 7) is 4.05. The molecule has 7 heteroatoms. The Bertz CT molecular complexity index is 1030. The number of hydrogen-bond donors (Lipinski definition) is 2. The molecule has 3 aromatic rings. The third-order valence-electron chi connectivity index (χ3n) is 5.04. The molecule has 6 nitrogen and oxygen atoms in total. The van der Waals surface area contributed by atoms with E-state index < -0.39 is 0 Å². The van der Waals surface area contributed by atoms with E-state index in [0.29, 0.717) is 22.2 Å². The second kappa shape index (κ2) is 9.13. The Morgan fingerprint density at radius 2 is 1.67 bits per heavy atom. The predicted molar refractivity (Wildman–Crippen MR) is 122 cm³/mol. The number of benzene rings is 2. The van der Waals surface area contributed by atoms with E-state index >= 15 is 0 Å². The Kier molecular flexibility index (Phi) is 6.14. The van der Waals surface area contributed by atoms with Gasteiger partial charge in [-0.1, -0.05) is 23.7 Å². The Morgan fingerprint density at radius 3 is 2.40 bits per heavy atom. The maximum Gasteiger partial charge on any atom is 0.257 e. The maximum atomic E-state index is 12.4. The van der Waals surface area contributed by atoms with Gasteiger partial charge < -0.3 is 15.5 Å². The van der Waals surface area contributed by atoms with Crippen LogP contribution in [0.3, 0.4) is 0 Å². The first-order valence-corrected chi connectivity index (χ1v) is 10.5. The SMILES string of the molecule is Cc1cc(N2CCCCC2)nc(Nc2ccc(NC(=O)c3ccccc3Cl)cc2)n1. The highest BCUT2D eigenvalue weighted by Crippen LogP contribution is 2.23. The molecule has 0 aliphatic carbocycles. The van der Waals surface area contributed by atoms with Crippen LogP contribution in [0.25, 0.3) is 0 Å². The van der Waals surface area contributed by atoms with Gasteiger partial charge in [0.15, 0.2) is 0 Å². The van der Waals surface area contributed by atoms with Crippen molar-refractivity contribution in [1.82, 2.24) is 9.97 Å². The number of carbonyl (C=O) groups excluding carboxylic acids is 1. The smallest absolute Gasteiger partial charge is 0.257 e. The Hall–Kier alpha value is -3.12. The van der Waals surface area contributed by atoms with E-state index in [2.05, 4.69) is 20.5 Å². The van der Waals surface area contributed by atoms with E-state index in [1.807, 2.05) is 37.3 Å². The van der Waals surface area contributed by atoms with Crippen molar-refractivity contribution in [3.05, 3.63) is 70.9 Å².